The Morgan fingerprint density at radius 2 is 2.11 bits per heavy atom. The molecule has 4 heteroatoms. The topological polar surface area (TPSA) is 44.4 Å². The highest BCUT2D eigenvalue weighted by Gasteiger charge is 2.58. The van der Waals surface area contributed by atoms with E-state index in [9.17, 15) is 4.79 Å². The molecule has 1 saturated carbocycles. The largest absolute Gasteiger partial charge is 0.362 e. The van der Waals surface area contributed by atoms with Crippen molar-refractivity contribution in [2.45, 2.75) is 24.4 Å². The molecule has 4 aliphatic rings. The Bertz CT molecular complexity index is 684. The summed E-state index contributed by atoms with van der Waals surface area (Å²) in [6.07, 6.45) is 5.93. The summed E-state index contributed by atoms with van der Waals surface area (Å²) >= 11 is 0. The lowest BCUT2D eigenvalue weighted by Crippen LogP contribution is -2.52. The zero-order valence-corrected chi connectivity index (χ0v) is 10.3. The molecule has 2 N–H and O–H groups in total. The van der Waals surface area contributed by atoms with Gasteiger partial charge in [0.15, 0.2) is 6.17 Å². The Labute approximate surface area is 110 Å². The smallest absolute Gasteiger partial charge is 0.268 e. The van der Waals surface area contributed by atoms with Crippen molar-refractivity contribution in [2.75, 3.05) is 0 Å². The second kappa shape index (κ2) is 2.85. The Kier molecular flexibility index (Phi) is 1.45. The lowest BCUT2D eigenvalue weighted by molar-refractivity contribution is -0.124. The molecule has 1 aromatic rings. The van der Waals surface area contributed by atoms with Gasteiger partial charge in [0.1, 0.15) is 0 Å². The highest BCUT2D eigenvalue weighted by Crippen LogP contribution is 2.62. The van der Waals surface area contributed by atoms with Gasteiger partial charge in [0.25, 0.3) is 5.91 Å². The third-order valence-electron chi connectivity index (χ3n) is 4.67. The first-order valence-corrected chi connectivity index (χ1v) is 6.68. The van der Waals surface area contributed by atoms with Crippen LogP contribution in [-0.2, 0) is 10.2 Å². The molecule has 1 aromatic carbocycles. The SMILES string of the molecule is O=C1NC2=C(N3C=CNC13)C1(CC1)c1ccccc12. The molecule has 2 aliphatic heterocycles. The van der Waals surface area contributed by atoms with Crippen LogP contribution in [-0.4, -0.2) is 17.0 Å². The maximum absolute atomic E-state index is 12.2. The molecular formula is C15H13N3O. The molecule has 1 amide bonds. The zero-order chi connectivity index (χ0) is 12.6. The molecule has 1 fully saturated rings. The number of allylic oxidation sites excluding steroid dienone is 1. The van der Waals surface area contributed by atoms with Crippen LogP contribution in [0.15, 0.2) is 42.4 Å². The van der Waals surface area contributed by atoms with Crippen molar-refractivity contribution in [3.05, 3.63) is 53.5 Å². The highest BCUT2D eigenvalue weighted by molar-refractivity contribution is 5.97. The Morgan fingerprint density at radius 3 is 2.95 bits per heavy atom. The van der Waals surface area contributed by atoms with Gasteiger partial charge in [-0.05, 0) is 18.4 Å². The summed E-state index contributed by atoms with van der Waals surface area (Å²) in [6, 6.07) is 8.45. The van der Waals surface area contributed by atoms with Crippen LogP contribution in [0.1, 0.15) is 24.0 Å². The lowest BCUT2D eigenvalue weighted by atomic mass is 9.95. The Hall–Kier alpha value is -2.23. The van der Waals surface area contributed by atoms with Gasteiger partial charge in [0.2, 0.25) is 0 Å². The van der Waals surface area contributed by atoms with Gasteiger partial charge in [-0.15, -0.1) is 0 Å². The third-order valence-corrected chi connectivity index (χ3v) is 4.67. The van der Waals surface area contributed by atoms with Gasteiger partial charge in [-0.2, -0.15) is 0 Å². The number of hydrogen-bond donors (Lipinski definition) is 2. The van der Waals surface area contributed by atoms with Gasteiger partial charge in [0, 0.05) is 23.4 Å². The van der Waals surface area contributed by atoms with Crippen molar-refractivity contribution in [3.8, 4) is 0 Å². The molecule has 5 rings (SSSR count). The molecule has 94 valence electrons. The molecule has 0 radical (unpaired) electrons. The quantitative estimate of drug-likeness (QED) is 0.729. The zero-order valence-electron chi connectivity index (χ0n) is 10.3. The van der Waals surface area contributed by atoms with Gasteiger partial charge in [-0.1, -0.05) is 24.3 Å². The fourth-order valence-corrected chi connectivity index (χ4v) is 3.72. The van der Waals surface area contributed by atoms with Gasteiger partial charge >= 0.3 is 0 Å². The minimum atomic E-state index is -0.273. The summed E-state index contributed by atoms with van der Waals surface area (Å²) in [5, 5.41) is 6.21. The first-order valence-electron chi connectivity index (χ1n) is 6.68. The molecule has 1 spiro atoms. The summed E-state index contributed by atoms with van der Waals surface area (Å²) in [5.74, 6) is 0.0243. The number of amides is 1. The maximum atomic E-state index is 12.2. The van der Waals surface area contributed by atoms with Crippen LogP contribution in [0, 0.1) is 0 Å². The second-order valence-electron chi connectivity index (χ2n) is 5.63. The van der Waals surface area contributed by atoms with Crippen molar-refractivity contribution in [1.29, 1.82) is 0 Å². The average Bonchev–Trinajstić information content (AvgIpc) is 2.97. The van der Waals surface area contributed by atoms with E-state index in [-0.39, 0.29) is 17.5 Å². The molecule has 1 atom stereocenters. The van der Waals surface area contributed by atoms with Crippen molar-refractivity contribution >= 4 is 11.6 Å². The number of carbonyl (C=O) groups excluding carboxylic acids is 1. The third kappa shape index (κ3) is 0.961. The van der Waals surface area contributed by atoms with Gasteiger partial charge < -0.3 is 15.5 Å². The Morgan fingerprint density at radius 1 is 1.26 bits per heavy atom. The van der Waals surface area contributed by atoms with Crippen molar-refractivity contribution < 1.29 is 4.79 Å². The van der Waals surface area contributed by atoms with Crippen LogP contribution in [0.5, 0.6) is 0 Å². The lowest BCUT2D eigenvalue weighted by Gasteiger charge is -2.34. The van der Waals surface area contributed by atoms with Gasteiger partial charge in [0.05, 0.1) is 11.4 Å². The minimum Gasteiger partial charge on any atom is -0.362 e. The van der Waals surface area contributed by atoms with E-state index < -0.39 is 0 Å². The number of benzene rings is 1. The number of nitrogens with one attached hydrogen (secondary N) is 2. The van der Waals surface area contributed by atoms with E-state index >= 15 is 0 Å². The fraction of sp³-hybridized carbons (Fsp3) is 0.267. The number of fused-ring (bicyclic) bond motifs is 6. The standard InChI is InChI=1S/C15H13N3O/c19-14-13-16-7-8-18(13)12-11(17-14)9-3-1-2-4-10(9)15(12)5-6-15/h1-4,7-8,13,16H,5-6H2,(H,17,19). The minimum absolute atomic E-state index is 0.0243. The molecule has 2 aliphatic carbocycles. The van der Waals surface area contributed by atoms with Crippen molar-refractivity contribution in [2.24, 2.45) is 0 Å². The Balaban J connectivity index is 1.80. The fourth-order valence-electron chi connectivity index (χ4n) is 3.72. The van der Waals surface area contributed by atoms with Crippen LogP contribution in [0.4, 0.5) is 0 Å². The van der Waals surface area contributed by atoms with E-state index in [2.05, 4.69) is 33.7 Å². The maximum Gasteiger partial charge on any atom is 0.268 e. The van der Waals surface area contributed by atoms with E-state index in [4.69, 9.17) is 0 Å². The van der Waals surface area contributed by atoms with Crippen LogP contribution < -0.4 is 10.6 Å². The second-order valence-corrected chi connectivity index (χ2v) is 5.63. The summed E-state index contributed by atoms with van der Waals surface area (Å²) in [6.45, 7) is 0. The molecular weight excluding hydrogens is 238 g/mol. The predicted octanol–water partition coefficient (Wildman–Crippen LogP) is 1.23. The highest BCUT2D eigenvalue weighted by atomic mass is 16.2. The summed E-state index contributed by atoms with van der Waals surface area (Å²) < 4.78 is 0. The van der Waals surface area contributed by atoms with Gasteiger partial charge in [-0.25, -0.2) is 0 Å². The molecule has 2 heterocycles. The van der Waals surface area contributed by atoms with E-state index in [1.165, 1.54) is 29.7 Å². The molecule has 0 bridgehead atoms. The molecule has 4 nitrogen and oxygen atoms in total. The molecule has 1 unspecified atom stereocenters. The summed E-state index contributed by atoms with van der Waals surface area (Å²) in [7, 11) is 0. The number of hydrogen-bond acceptors (Lipinski definition) is 3. The van der Waals surface area contributed by atoms with Crippen LogP contribution >= 0.6 is 0 Å². The normalized spacial score (nSPS) is 27.9. The predicted molar refractivity (Wildman–Crippen MR) is 70.3 cm³/mol. The van der Waals surface area contributed by atoms with Crippen molar-refractivity contribution in [1.82, 2.24) is 15.5 Å². The first kappa shape index (κ1) is 9.67. The van der Waals surface area contributed by atoms with Crippen molar-refractivity contribution in [3.63, 3.8) is 0 Å². The van der Waals surface area contributed by atoms with Crippen LogP contribution in [0.2, 0.25) is 0 Å². The summed E-state index contributed by atoms with van der Waals surface area (Å²) in [5.41, 5.74) is 5.01. The summed E-state index contributed by atoms with van der Waals surface area (Å²) in [4.78, 5) is 14.3. The molecule has 0 saturated heterocycles. The van der Waals surface area contributed by atoms with E-state index in [0.29, 0.717) is 0 Å². The number of nitrogens with zero attached hydrogens (tertiary/aromatic N) is 1. The molecule has 19 heavy (non-hydrogen) atoms. The monoisotopic (exact) mass is 251 g/mol. The van der Waals surface area contributed by atoms with E-state index in [1.54, 1.807) is 0 Å². The van der Waals surface area contributed by atoms with Crippen LogP contribution in [0.25, 0.3) is 5.70 Å². The van der Waals surface area contributed by atoms with E-state index in [1.807, 2.05) is 18.5 Å². The van der Waals surface area contributed by atoms with E-state index in [0.717, 1.165) is 5.70 Å². The van der Waals surface area contributed by atoms with Gasteiger partial charge in [-0.3, -0.25) is 4.79 Å². The number of rotatable bonds is 0. The number of carbonyl (C=O) groups is 1. The molecule has 0 aromatic heterocycles. The average molecular weight is 251 g/mol. The first-order chi connectivity index (χ1) is 9.31. The van der Waals surface area contributed by atoms with Crippen LogP contribution in [0.3, 0.4) is 0 Å².